The fourth-order valence-electron chi connectivity index (χ4n) is 1.64. The quantitative estimate of drug-likeness (QED) is 0.866. The summed E-state index contributed by atoms with van der Waals surface area (Å²) in [5, 5.41) is 15.3. The van der Waals surface area contributed by atoms with Crippen LogP contribution in [0.15, 0.2) is 47.2 Å². The van der Waals surface area contributed by atoms with Gasteiger partial charge in [0.15, 0.2) is 11.2 Å². The van der Waals surface area contributed by atoms with Crippen molar-refractivity contribution in [3.63, 3.8) is 0 Å². The first-order chi connectivity index (χ1) is 9.04. The van der Waals surface area contributed by atoms with Gasteiger partial charge < -0.3 is 14.9 Å². The number of nitrogens with one attached hydrogen (secondary N) is 1. The predicted octanol–water partition coefficient (Wildman–Crippen LogP) is 1.40. The largest absolute Gasteiger partial charge is 0.479 e. The van der Waals surface area contributed by atoms with E-state index in [9.17, 15) is 14.7 Å². The number of benzene rings is 1. The van der Waals surface area contributed by atoms with E-state index < -0.39 is 17.4 Å². The third-order valence-corrected chi connectivity index (χ3v) is 2.81. The molecule has 1 unspecified atom stereocenters. The fraction of sp³-hybridized carbons (Fsp3) is 0.154. The maximum absolute atomic E-state index is 11.9. The lowest BCUT2D eigenvalue weighted by molar-refractivity contribution is -0.144. The number of hydrogen-bond acceptors (Lipinski definition) is 4. The molecule has 2 aromatic rings. The summed E-state index contributed by atoms with van der Waals surface area (Å²) in [7, 11) is 0. The lowest BCUT2D eigenvalue weighted by atomic mass is 9.92. The summed E-state index contributed by atoms with van der Waals surface area (Å²) in [5.41, 5.74) is -1.03. The minimum Gasteiger partial charge on any atom is -0.479 e. The normalized spacial score (nSPS) is 13.5. The van der Waals surface area contributed by atoms with Crippen LogP contribution in [0.4, 0.5) is 0 Å². The molecule has 0 aliphatic carbocycles. The molecule has 0 bridgehead atoms. The second kappa shape index (κ2) is 4.93. The van der Waals surface area contributed by atoms with Gasteiger partial charge in [-0.1, -0.05) is 35.5 Å². The zero-order valence-corrected chi connectivity index (χ0v) is 10.2. The van der Waals surface area contributed by atoms with E-state index in [4.69, 9.17) is 0 Å². The van der Waals surface area contributed by atoms with E-state index in [0.29, 0.717) is 5.56 Å². The van der Waals surface area contributed by atoms with Crippen LogP contribution in [0.25, 0.3) is 0 Å². The van der Waals surface area contributed by atoms with E-state index in [1.165, 1.54) is 19.3 Å². The molecular weight excluding hydrogens is 248 g/mol. The Kier molecular flexibility index (Phi) is 3.33. The summed E-state index contributed by atoms with van der Waals surface area (Å²) in [6.45, 7) is 1.42. The van der Waals surface area contributed by atoms with Gasteiger partial charge in [-0.05, 0) is 12.5 Å². The minimum atomic E-state index is -1.53. The first kappa shape index (κ1) is 12.8. The SMILES string of the molecule is CC(NC(=O)c1ccon1)(C(=O)O)c1ccccc1. The minimum absolute atomic E-state index is 0.0309. The summed E-state index contributed by atoms with van der Waals surface area (Å²) >= 11 is 0. The Morgan fingerprint density at radius 1 is 1.26 bits per heavy atom. The molecule has 0 saturated carbocycles. The monoisotopic (exact) mass is 260 g/mol. The molecule has 0 aliphatic rings. The summed E-state index contributed by atoms with van der Waals surface area (Å²) in [5.74, 6) is -1.77. The second-order valence-electron chi connectivity index (χ2n) is 4.13. The van der Waals surface area contributed by atoms with Crippen molar-refractivity contribution in [1.82, 2.24) is 10.5 Å². The lowest BCUT2D eigenvalue weighted by Gasteiger charge is -2.26. The zero-order chi connectivity index (χ0) is 13.9. The molecule has 0 spiro atoms. The zero-order valence-electron chi connectivity index (χ0n) is 10.2. The number of carbonyl (C=O) groups is 2. The van der Waals surface area contributed by atoms with Gasteiger partial charge in [0.2, 0.25) is 0 Å². The average Bonchev–Trinajstić information content (AvgIpc) is 2.93. The molecular formula is C13H12N2O4. The van der Waals surface area contributed by atoms with Crippen LogP contribution in [0.2, 0.25) is 0 Å². The molecule has 1 atom stereocenters. The highest BCUT2D eigenvalue weighted by Gasteiger charge is 2.37. The van der Waals surface area contributed by atoms with Crippen molar-refractivity contribution in [3.8, 4) is 0 Å². The van der Waals surface area contributed by atoms with Gasteiger partial charge in [-0.2, -0.15) is 0 Å². The Labute approximate surface area is 109 Å². The van der Waals surface area contributed by atoms with E-state index >= 15 is 0 Å². The number of nitrogens with zero attached hydrogens (tertiary/aromatic N) is 1. The van der Waals surface area contributed by atoms with Crippen molar-refractivity contribution in [2.24, 2.45) is 0 Å². The summed E-state index contributed by atoms with van der Waals surface area (Å²) < 4.78 is 4.56. The van der Waals surface area contributed by atoms with Crippen LogP contribution in [0.1, 0.15) is 23.0 Å². The Bertz CT molecular complexity index is 580. The van der Waals surface area contributed by atoms with Crippen molar-refractivity contribution >= 4 is 11.9 Å². The number of aromatic nitrogens is 1. The van der Waals surface area contributed by atoms with Crippen molar-refractivity contribution < 1.29 is 19.2 Å². The van der Waals surface area contributed by atoms with Crippen LogP contribution in [0.5, 0.6) is 0 Å². The summed E-state index contributed by atoms with van der Waals surface area (Å²) in [6.07, 6.45) is 1.25. The molecule has 19 heavy (non-hydrogen) atoms. The first-order valence-electron chi connectivity index (χ1n) is 5.56. The molecule has 0 aliphatic heterocycles. The van der Waals surface area contributed by atoms with E-state index in [0.717, 1.165) is 0 Å². The molecule has 0 radical (unpaired) electrons. The molecule has 2 rings (SSSR count). The van der Waals surface area contributed by atoms with Crippen LogP contribution in [0.3, 0.4) is 0 Å². The van der Waals surface area contributed by atoms with Gasteiger partial charge in [0.1, 0.15) is 6.26 Å². The Balaban J connectivity index is 2.31. The van der Waals surface area contributed by atoms with Crippen molar-refractivity contribution in [3.05, 3.63) is 53.9 Å². The van der Waals surface area contributed by atoms with E-state index in [1.54, 1.807) is 30.3 Å². The molecule has 6 nitrogen and oxygen atoms in total. The number of aliphatic carboxylic acids is 1. The first-order valence-corrected chi connectivity index (χ1v) is 5.56. The predicted molar refractivity (Wildman–Crippen MR) is 65.4 cm³/mol. The van der Waals surface area contributed by atoms with Crippen molar-refractivity contribution in [2.75, 3.05) is 0 Å². The molecule has 6 heteroatoms. The highest BCUT2D eigenvalue weighted by molar-refractivity contribution is 5.96. The van der Waals surface area contributed by atoms with Gasteiger partial charge in [0.05, 0.1) is 0 Å². The Hall–Kier alpha value is -2.63. The smallest absolute Gasteiger partial charge is 0.333 e. The van der Waals surface area contributed by atoms with E-state index in [2.05, 4.69) is 15.0 Å². The molecule has 1 aromatic heterocycles. The van der Waals surface area contributed by atoms with Crippen LogP contribution >= 0.6 is 0 Å². The van der Waals surface area contributed by atoms with Crippen LogP contribution in [-0.4, -0.2) is 22.1 Å². The van der Waals surface area contributed by atoms with E-state index in [-0.39, 0.29) is 5.69 Å². The third-order valence-electron chi connectivity index (χ3n) is 2.81. The number of carbonyl (C=O) groups excluding carboxylic acids is 1. The fourth-order valence-corrected chi connectivity index (χ4v) is 1.64. The van der Waals surface area contributed by atoms with Gasteiger partial charge in [-0.3, -0.25) is 4.79 Å². The molecule has 1 aromatic carbocycles. The van der Waals surface area contributed by atoms with Crippen LogP contribution in [0, 0.1) is 0 Å². The molecule has 1 heterocycles. The topological polar surface area (TPSA) is 92.4 Å². The number of amides is 1. The van der Waals surface area contributed by atoms with Crippen LogP contribution < -0.4 is 5.32 Å². The molecule has 1 amide bonds. The molecule has 0 fully saturated rings. The number of rotatable bonds is 4. The number of carboxylic acids is 1. The van der Waals surface area contributed by atoms with Crippen LogP contribution in [-0.2, 0) is 10.3 Å². The molecule has 0 saturated heterocycles. The summed E-state index contributed by atoms with van der Waals surface area (Å²) in [4.78, 5) is 23.4. The van der Waals surface area contributed by atoms with Gasteiger partial charge >= 0.3 is 5.97 Å². The highest BCUT2D eigenvalue weighted by Crippen LogP contribution is 2.21. The van der Waals surface area contributed by atoms with Gasteiger partial charge in [0, 0.05) is 6.07 Å². The lowest BCUT2D eigenvalue weighted by Crippen LogP contribution is -2.49. The van der Waals surface area contributed by atoms with Gasteiger partial charge in [0.25, 0.3) is 5.91 Å². The standard InChI is InChI=1S/C13H12N2O4/c1-13(12(17)18,9-5-3-2-4-6-9)14-11(16)10-7-8-19-15-10/h2-8H,1H3,(H,14,16)(H,17,18). The van der Waals surface area contributed by atoms with Crippen molar-refractivity contribution in [1.29, 1.82) is 0 Å². The maximum atomic E-state index is 11.9. The molecule has 98 valence electrons. The maximum Gasteiger partial charge on any atom is 0.333 e. The van der Waals surface area contributed by atoms with Gasteiger partial charge in [-0.25, -0.2) is 4.79 Å². The Morgan fingerprint density at radius 2 is 1.95 bits per heavy atom. The highest BCUT2D eigenvalue weighted by atomic mass is 16.5. The number of hydrogen-bond donors (Lipinski definition) is 2. The Morgan fingerprint density at radius 3 is 2.47 bits per heavy atom. The number of carboxylic acid groups (broad SMARTS) is 1. The summed E-state index contributed by atoms with van der Waals surface area (Å²) in [6, 6.07) is 9.82. The second-order valence-corrected chi connectivity index (χ2v) is 4.13. The molecule has 2 N–H and O–H groups in total. The van der Waals surface area contributed by atoms with E-state index in [1.807, 2.05) is 0 Å². The van der Waals surface area contributed by atoms with Crippen molar-refractivity contribution in [2.45, 2.75) is 12.5 Å². The van der Waals surface area contributed by atoms with Gasteiger partial charge in [-0.15, -0.1) is 0 Å². The average molecular weight is 260 g/mol. The third kappa shape index (κ3) is 2.47.